The van der Waals surface area contributed by atoms with Gasteiger partial charge in [0.2, 0.25) is 0 Å². The molecule has 0 saturated heterocycles. The van der Waals surface area contributed by atoms with Crippen LogP contribution in [0.1, 0.15) is 233 Å². The fourth-order valence-electron chi connectivity index (χ4n) is 6.83. The van der Waals surface area contributed by atoms with Crippen LogP contribution in [0, 0.1) is 0 Å². The van der Waals surface area contributed by atoms with Crippen LogP contribution in [0.3, 0.4) is 0 Å². The van der Waals surface area contributed by atoms with E-state index in [0.29, 0.717) is 19.3 Å². The quantitative estimate of drug-likeness (QED) is 0.0263. The molecule has 0 spiro atoms. The van der Waals surface area contributed by atoms with Crippen molar-refractivity contribution in [1.29, 1.82) is 0 Å². The molecule has 0 aromatic rings. The second-order valence-corrected chi connectivity index (χ2v) is 16.8. The van der Waals surface area contributed by atoms with Crippen LogP contribution in [0.5, 0.6) is 0 Å². The Bertz CT molecular complexity index is 1220. The smallest absolute Gasteiger partial charge is 0.306 e. The molecule has 6 nitrogen and oxygen atoms in total. The summed E-state index contributed by atoms with van der Waals surface area (Å²) in [4.78, 5) is 37.9. The third kappa shape index (κ3) is 47.6. The number of hydrogen-bond acceptors (Lipinski definition) is 6. The predicted octanol–water partition coefficient (Wildman–Crippen LogP) is 16.8. The van der Waals surface area contributed by atoms with Crippen LogP contribution in [-0.2, 0) is 28.6 Å². The SMILES string of the molecule is CC\C=C/C=C\C=C/CCCCCCCC(=O)OCC(COC(=O)CCCCC/C=C\C=C/CCCCCCCCC)OC(=O)CCCCCCCC/C=C\C=C/CCCCC. The van der Waals surface area contributed by atoms with Crippen LogP contribution < -0.4 is 0 Å². The van der Waals surface area contributed by atoms with Gasteiger partial charge in [0.15, 0.2) is 6.10 Å². The number of carbonyl (C=O) groups is 3. The van der Waals surface area contributed by atoms with E-state index in [2.05, 4.69) is 106 Å². The predicted molar refractivity (Wildman–Crippen MR) is 265 cm³/mol. The van der Waals surface area contributed by atoms with Crippen molar-refractivity contribution in [2.24, 2.45) is 0 Å². The zero-order chi connectivity index (χ0) is 45.1. The van der Waals surface area contributed by atoms with Crippen molar-refractivity contribution >= 4 is 17.9 Å². The highest BCUT2D eigenvalue weighted by Crippen LogP contribution is 2.13. The van der Waals surface area contributed by atoms with Crippen molar-refractivity contribution in [1.82, 2.24) is 0 Å². The summed E-state index contributed by atoms with van der Waals surface area (Å²) in [5.41, 5.74) is 0. The molecule has 0 aliphatic rings. The van der Waals surface area contributed by atoms with Gasteiger partial charge in [-0.25, -0.2) is 0 Å². The maximum atomic E-state index is 12.8. The van der Waals surface area contributed by atoms with E-state index in [1.54, 1.807) is 0 Å². The molecule has 0 aromatic carbocycles. The summed E-state index contributed by atoms with van der Waals surface area (Å²) in [7, 11) is 0. The summed E-state index contributed by atoms with van der Waals surface area (Å²) in [5, 5.41) is 0. The van der Waals surface area contributed by atoms with Crippen LogP contribution in [0.25, 0.3) is 0 Å². The molecule has 0 aromatic heterocycles. The first-order valence-electron chi connectivity index (χ1n) is 25.7. The third-order valence-electron chi connectivity index (χ3n) is 10.7. The van der Waals surface area contributed by atoms with Gasteiger partial charge in [0.25, 0.3) is 0 Å². The van der Waals surface area contributed by atoms with Gasteiger partial charge in [-0.3, -0.25) is 14.4 Å². The maximum absolute atomic E-state index is 12.8. The Morgan fingerprint density at radius 2 is 0.629 bits per heavy atom. The average molecular weight is 863 g/mol. The van der Waals surface area contributed by atoms with E-state index >= 15 is 0 Å². The van der Waals surface area contributed by atoms with Crippen molar-refractivity contribution in [2.45, 2.75) is 239 Å². The van der Waals surface area contributed by atoms with E-state index in [9.17, 15) is 14.4 Å². The summed E-state index contributed by atoms with van der Waals surface area (Å²) in [6.07, 6.45) is 64.2. The summed E-state index contributed by atoms with van der Waals surface area (Å²) in [5.74, 6) is -0.960. The first kappa shape index (κ1) is 58.6. The molecule has 0 aliphatic carbocycles. The lowest BCUT2D eigenvalue weighted by atomic mass is 10.1. The lowest BCUT2D eigenvalue weighted by Crippen LogP contribution is -2.30. The fourth-order valence-corrected chi connectivity index (χ4v) is 6.83. The molecule has 0 heterocycles. The van der Waals surface area contributed by atoms with E-state index in [1.807, 2.05) is 0 Å². The van der Waals surface area contributed by atoms with Gasteiger partial charge in [-0.2, -0.15) is 0 Å². The number of hydrogen-bond donors (Lipinski definition) is 0. The number of carbonyl (C=O) groups excluding carboxylic acids is 3. The highest BCUT2D eigenvalue weighted by Gasteiger charge is 2.19. The summed E-state index contributed by atoms with van der Waals surface area (Å²) in [6.45, 7) is 6.41. The number of allylic oxidation sites excluding steroid dienone is 14. The molecule has 0 fully saturated rings. The van der Waals surface area contributed by atoms with E-state index in [1.165, 1.54) is 83.5 Å². The zero-order valence-corrected chi connectivity index (χ0v) is 40.4. The lowest BCUT2D eigenvalue weighted by molar-refractivity contribution is -0.167. The molecule has 0 N–H and O–H groups in total. The Balaban J connectivity index is 4.48. The fraction of sp³-hybridized carbons (Fsp3) is 0.696. The van der Waals surface area contributed by atoms with Crippen LogP contribution in [0.4, 0.5) is 0 Å². The first-order chi connectivity index (χ1) is 30.5. The largest absolute Gasteiger partial charge is 0.462 e. The van der Waals surface area contributed by atoms with Gasteiger partial charge in [0.05, 0.1) is 0 Å². The Labute approximate surface area is 382 Å². The average Bonchev–Trinajstić information content (AvgIpc) is 3.27. The highest BCUT2D eigenvalue weighted by atomic mass is 16.6. The minimum atomic E-state index is -0.802. The second kappa shape index (κ2) is 50.2. The molecule has 0 radical (unpaired) electrons. The summed E-state index contributed by atoms with van der Waals surface area (Å²) < 4.78 is 16.7. The van der Waals surface area contributed by atoms with E-state index in [4.69, 9.17) is 14.2 Å². The van der Waals surface area contributed by atoms with Crippen LogP contribution >= 0.6 is 0 Å². The molecule has 1 atom stereocenters. The number of rotatable bonds is 45. The number of unbranched alkanes of at least 4 members (excludes halogenated alkanes) is 24. The zero-order valence-electron chi connectivity index (χ0n) is 40.4. The Morgan fingerprint density at radius 3 is 1.03 bits per heavy atom. The Kier molecular flexibility index (Phi) is 47.5. The normalized spacial score (nSPS) is 12.8. The molecule has 0 bridgehead atoms. The van der Waals surface area contributed by atoms with Crippen LogP contribution in [0.2, 0.25) is 0 Å². The minimum Gasteiger partial charge on any atom is -0.462 e. The van der Waals surface area contributed by atoms with Gasteiger partial charge in [-0.05, 0) is 89.9 Å². The van der Waals surface area contributed by atoms with Gasteiger partial charge in [-0.1, -0.05) is 209 Å². The summed E-state index contributed by atoms with van der Waals surface area (Å²) in [6, 6.07) is 0. The maximum Gasteiger partial charge on any atom is 0.306 e. The van der Waals surface area contributed by atoms with Crippen LogP contribution in [-0.4, -0.2) is 37.2 Å². The van der Waals surface area contributed by atoms with Gasteiger partial charge in [-0.15, -0.1) is 0 Å². The van der Waals surface area contributed by atoms with Gasteiger partial charge in [0.1, 0.15) is 13.2 Å². The molecule has 0 rings (SSSR count). The van der Waals surface area contributed by atoms with E-state index < -0.39 is 6.10 Å². The van der Waals surface area contributed by atoms with Gasteiger partial charge in [0, 0.05) is 19.3 Å². The highest BCUT2D eigenvalue weighted by molar-refractivity contribution is 5.71. The molecule has 62 heavy (non-hydrogen) atoms. The van der Waals surface area contributed by atoms with Crippen LogP contribution in [0.15, 0.2) is 85.1 Å². The molecular formula is C56H94O6. The minimum absolute atomic E-state index is 0.101. The molecule has 0 amide bonds. The monoisotopic (exact) mass is 863 g/mol. The lowest BCUT2D eigenvalue weighted by Gasteiger charge is -2.18. The number of ether oxygens (including phenoxy) is 3. The van der Waals surface area contributed by atoms with Gasteiger partial charge < -0.3 is 14.2 Å². The molecule has 0 aliphatic heterocycles. The molecule has 354 valence electrons. The Hall–Kier alpha value is -3.41. The van der Waals surface area contributed by atoms with Crippen molar-refractivity contribution < 1.29 is 28.6 Å². The molecule has 6 heteroatoms. The van der Waals surface area contributed by atoms with Crippen molar-refractivity contribution in [3.8, 4) is 0 Å². The van der Waals surface area contributed by atoms with Crippen molar-refractivity contribution in [3.63, 3.8) is 0 Å². The van der Waals surface area contributed by atoms with E-state index in [-0.39, 0.29) is 31.1 Å². The topological polar surface area (TPSA) is 78.9 Å². The molecule has 0 saturated carbocycles. The molecular weight excluding hydrogens is 769 g/mol. The van der Waals surface area contributed by atoms with Crippen molar-refractivity contribution in [2.75, 3.05) is 13.2 Å². The van der Waals surface area contributed by atoms with Crippen molar-refractivity contribution in [3.05, 3.63) is 85.1 Å². The first-order valence-corrected chi connectivity index (χ1v) is 25.7. The standard InChI is InChI=1S/C56H94O6/c1-4-7-10-13-16-19-22-25-27-29-31-34-37-40-43-46-49-55(58)61-52-53(51-60-54(57)48-45-42-39-36-33-30-24-21-18-15-12-9-6-3)62-56(59)50-47-44-41-38-35-32-28-26-23-20-17-14-11-8-5-2/h9,12,15,17-18,20-21,23-24,26-27,29,31,34,53H,4-8,10-11,13-14,16,19,22,25,28,30,32-33,35-52H2,1-3H3/b12-9-,18-15-,20-17-,24-21-,26-23-,29-27-,34-31-. The second-order valence-electron chi connectivity index (χ2n) is 16.8. The summed E-state index contributed by atoms with van der Waals surface area (Å²) >= 11 is 0. The third-order valence-corrected chi connectivity index (χ3v) is 10.7. The number of esters is 3. The molecule has 1 unspecified atom stereocenters. The van der Waals surface area contributed by atoms with E-state index in [0.717, 1.165) is 109 Å². The Morgan fingerprint density at radius 1 is 0.339 bits per heavy atom. The van der Waals surface area contributed by atoms with Gasteiger partial charge >= 0.3 is 17.9 Å².